The van der Waals surface area contributed by atoms with E-state index in [9.17, 15) is 13.2 Å². The summed E-state index contributed by atoms with van der Waals surface area (Å²) in [6.45, 7) is 9.42. The fourth-order valence-electron chi connectivity index (χ4n) is 4.35. The fourth-order valence-corrected chi connectivity index (χ4v) is 6.52. The van der Waals surface area contributed by atoms with E-state index in [1.54, 1.807) is 12.1 Å². The number of anilines is 1. The number of sulfonamides is 1. The highest BCUT2D eigenvalue weighted by atomic mass is 32.2. The van der Waals surface area contributed by atoms with Crippen molar-refractivity contribution in [3.8, 4) is 11.3 Å². The van der Waals surface area contributed by atoms with Crippen LogP contribution in [-0.4, -0.2) is 36.7 Å². The molecule has 1 saturated heterocycles. The second kappa shape index (κ2) is 9.37. The number of benzene rings is 2. The number of carbonyl (C=O) groups excluding carboxylic acids is 1. The van der Waals surface area contributed by atoms with Crippen molar-refractivity contribution in [1.82, 2.24) is 9.29 Å². The van der Waals surface area contributed by atoms with Gasteiger partial charge in [0.05, 0.1) is 10.6 Å². The lowest BCUT2D eigenvalue weighted by Crippen LogP contribution is -2.37. The minimum absolute atomic E-state index is 0.218. The van der Waals surface area contributed by atoms with Gasteiger partial charge in [-0.1, -0.05) is 24.6 Å². The molecule has 174 valence electrons. The van der Waals surface area contributed by atoms with Gasteiger partial charge in [0.1, 0.15) is 0 Å². The highest BCUT2D eigenvalue weighted by Gasteiger charge is 2.28. The van der Waals surface area contributed by atoms with Crippen LogP contribution in [-0.2, 0) is 10.0 Å². The van der Waals surface area contributed by atoms with Gasteiger partial charge < -0.3 is 0 Å². The van der Waals surface area contributed by atoms with Crippen molar-refractivity contribution in [2.24, 2.45) is 5.92 Å². The Kier molecular flexibility index (Phi) is 6.70. The van der Waals surface area contributed by atoms with Crippen molar-refractivity contribution in [3.63, 3.8) is 0 Å². The summed E-state index contributed by atoms with van der Waals surface area (Å²) in [4.78, 5) is 17.6. The van der Waals surface area contributed by atoms with Crippen LogP contribution < -0.4 is 5.32 Å². The Bertz CT molecular complexity index is 1250. The first kappa shape index (κ1) is 23.6. The molecule has 1 amide bonds. The van der Waals surface area contributed by atoms with Gasteiger partial charge in [-0.15, -0.1) is 11.3 Å². The van der Waals surface area contributed by atoms with Crippen molar-refractivity contribution in [2.45, 2.75) is 45.4 Å². The molecule has 1 fully saturated rings. The second-order valence-corrected chi connectivity index (χ2v) is 11.7. The molecule has 0 aliphatic carbocycles. The number of piperidine rings is 1. The predicted octanol–water partition coefficient (Wildman–Crippen LogP) is 5.41. The monoisotopic (exact) mass is 483 g/mol. The molecule has 2 heterocycles. The van der Waals surface area contributed by atoms with Crippen LogP contribution in [0.2, 0.25) is 0 Å². The van der Waals surface area contributed by atoms with Gasteiger partial charge in [0.15, 0.2) is 5.13 Å². The highest BCUT2D eigenvalue weighted by Crippen LogP contribution is 2.31. The average molecular weight is 484 g/mol. The number of nitrogens with zero attached hydrogens (tertiary/aromatic N) is 2. The van der Waals surface area contributed by atoms with Gasteiger partial charge in [-0.05, 0) is 74.9 Å². The molecule has 1 aliphatic rings. The summed E-state index contributed by atoms with van der Waals surface area (Å²) >= 11 is 1.37. The molecular weight excluding hydrogens is 454 g/mol. The molecule has 1 N–H and O–H groups in total. The van der Waals surface area contributed by atoms with Crippen molar-refractivity contribution in [3.05, 3.63) is 64.0 Å². The Balaban J connectivity index is 1.47. The van der Waals surface area contributed by atoms with Gasteiger partial charge in [0.2, 0.25) is 10.0 Å². The van der Waals surface area contributed by atoms with E-state index in [-0.39, 0.29) is 10.8 Å². The molecule has 2 aromatic carbocycles. The van der Waals surface area contributed by atoms with Crippen LogP contribution in [0.15, 0.2) is 46.7 Å². The number of amides is 1. The second-order valence-electron chi connectivity index (χ2n) is 8.88. The summed E-state index contributed by atoms with van der Waals surface area (Å²) in [6, 6.07) is 10.4. The van der Waals surface area contributed by atoms with E-state index in [4.69, 9.17) is 0 Å². The first-order valence-electron chi connectivity index (χ1n) is 11.1. The van der Waals surface area contributed by atoms with Gasteiger partial charge in [0, 0.05) is 29.6 Å². The predicted molar refractivity (Wildman–Crippen MR) is 133 cm³/mol. The van der Waals surface area contributed by atoms with E-state index in [0.29, 0.717) is 29.7 Å². The molecule has 1 aliphatic heterocycles. The lowest BCUT2D eigenvalue weighted by Gasteiger charge is -2.29. The molecule has 0 bridgehead atoms. The van der Waals surface area contributed by atoms with E-state index >= 15 is 0 Å². The number of aromatic nitrogens is 1. The summed E-state index contributed by atoms with van der Waals surface area (Å²) in [6.07, 6.45) is 1.74. The first-order valence-corrected chi connectivity index (χ1v) is 13.4. The summed E-state index contributed by atoms with van der Waals surface area (Å²) in [5.74, 6) is 0.233. The smallest absolute Gasteiger partial charge is 0.257 e. The Morgan fingerprint density at radius 2 is 1.67 bits per heavy atom. The number of aryl methyl sites for hydroxylation is 3. The molecule has 33 heavy (non-hydrogen) atoms. The van der Waals surface area contributed by atoms with E-state index in [2.05, 4.69) is 50.1 Å². The minimum Gasteiger partial charge on any atom is -0.298 e. The van der Waals surface area contributed by atoms with Gasteiger partial charge in [-0.25, -0.2) is 13.4 Å². The van der Waals surface area contributed by atoms with Crippen LogP contribution in [0.3, 0.4) is 0 Å². The maximum absolute atomic E-state index is 12.9. The Labute approximate surface area is 199 Å². The number of nitrogens with one attached hydrogen (secondary N) is 1. The summed E-state index contributed by atoms with van der Waals surface area (Å²) < 4.78 is 27.3. The Hall–Kier alpha value is -2.55. The van der Waals surface area contributed by atoms with Crippen molar-refractivity contribution < 1.29 is 13.2 Å². The molecule has 0 spiro atoms. The van der Waals surface area contributed by atoms with Crippen molar-refractivity contribution in [1.29, 1.82) is 0 Å². The van der Waals surface area contributed by atoms with Crippen molar-refractivity contribution in [2.75, 3.05) is 18.4 Å². The van der Waals surface area contributed by atoms with E-state index in [0.717, 1.165) is 35.2 Å². The van der Waals surface area contributed by atoms with Crippen LogP contribution in [0.5, 0.6) is 0 Å². The van der Waals surface area contributed by atoms with Crippen LogP contribution in [0.1, 0.15) is 46.8 Å². The molecule has 3 aromatic rings. The zero-order valence-electron chi connectivity index (χ0n) is 19.4. The molecule has 0 unspecified atom stereocenters. The summed E-state index contributed by atoms with van der Waals surface area (Å²) in [5.41, 5.74) is 5.81. The normalized spacial score (nSPS) is 15.5. The number of carbonyl (C=O) groups is 1. The van der Waals surface area contributed by atoms with Gasteiger partial charge >= 0.3 is 0 Å². The molecular formula is C25H29N3O3S2. The van der Waals surface area contributed by atoms with E-state index in [1.165, 1.54) is 33.3 Å². The number of thiazole rings is 1. The number of rotatable bonds is 5. The number of hydrogen-bond donors (Lipinski definition) is 1. The van der Waals surface area contributed by atoms with E-state index in [1.807, 2.05) is 5.38 Å². The van der Waals surface area contributed by atoms with Crippen LogP contribution in [0.25, 0.3) is 11.3 Å². The van der Waals surface area contributed by atoms with Gasteiger partial charge in [-0.2, -0.15) is 4.31 Å². The largest absolute Gasteiger partial charge is 0.298 e. The van der Waals surface area contributed by atoms with Gasteiger partial charge in [-0.3, -0.25) is 10.1 Å². The fraction of sp³-hybridized carbons (Fsp3) is 0.360. The SMILES string of the molecule is Cc1cc(C)c(-c2csc(NC(=O)c3ccc(S(=O)(=O)N4CCC(C)CC4)cc3)n2)c(C)c1. The van der Waals surface area contributed by atoms with Crippen LogP contribution in [0.4, 0.5) is 5.13 Å². The molecule has 4 rings (SSSR count). The number of hydrogen-bond acceptors (Lipinski definition) is 5. The summed E-state index contributed by atoms with van der Waals surface area (Å²) in [7, 11) is -3.53. The van der Waals surface area contributed by atoms with Crippen molar-refractivity contribution >= 4 is 32.4 Å². The lowest BCUT2D eigenvalue weighted by atomic mass is 9.98. The standard InChI is InChI=1S/C25H29N3O3S2/c1-16-9-11-28(12-10-16)33(30,31)21-7-5-20(6-8-21)24(29)27-25-26-22(15-32-25)23-18(3)13-17(2)14-19(23)4/h5-8,13-16H,9-12H2,1-4H3,(H,26,27,29). The lowest BCUT2D eigenvalue weighted by molar-refractivity contribution is 0.102. The highest BCUT2D eigenvalue weighted by molar-refractivity contribution is 7.89. The van der Waals surface area contributed by atoms with E-state index < -0.39 is 10.0 Å². The first-order chi connectivity index (χ1) is 15.6. The topological polar surface area (TPSA) is 79.4 Å². The van der Waals surface area contributed by atoms with Crippen LogP contribution >= 0.6 is 11.3 Å². The Morgan fingerprint density at radius 1 is 1.06 bits per heavy atom. The molecule has 1 aromatic heterocycles. The maximum Gasteiger partial charge on any atom is 0.257 e. The molecule has 0 saturated carbocycles. The average Bonchev–Trinajstić information content (AvgIpc) is 3.21. The zero-order chi connectivity index (χ0) is 23.8. The molecule has 0 atom stereocenters. The third-order valence-electron chi connectivity index (χ3n) is 6.15. The Morgan fingerprint density at radius 3 is 2.27 bits per heavy atom. The molecule has 0 radical (unpaired) electrons. The molecule has 8 heteroatoms. The van der Waals surface area contributed by atoms with Gasteiger partial charge in [0.25, 0.3) is 5.91 Å². The summed E-state index contributed by atoms with van der Waals surface area (Å²) in [5, 5.41) is 5.28. The third-order valence-corrected chi connectivity index (χ3v) is 8.83. The van der Waals surface area contributed by atoms with Crippen LogP contribution in [0, 0.1) is 26.7 Å². The minimum atomic E-state index is -3.53. The quantitative estimate of drug-likeness (QED) is 0.526. The third kappa shape index (κ3) is 5.03. The zero-order valence-corrected chi connectivity index (χ0v) is 21.0. The molecule has 6 nitrogen and oxygen atoms in total. The maximum atomic E-state index is 12.9.